The van der Waals surface area contributed by atoms with Crippen molar-refractivity contribution in [2.24, 2.45) is 5.92 Å². The van der Waals surface area contributed by atoms with Gasteiger partial charge in [0.05, 0.1) is 6.54 Å². The molecule has 4 N–H and O–H groups in total. The number of nitrogens with one attached hydrogen (secondary N) is 4. The molecule has 33 heavy (non-hydrogen) atoms. The first-order chi connectivity index (χ1) is 15.6. The molecule has 10 nitrogen and oxygen atoms in total. The van der Waals surface area contributed by atoms with Gasteiger partial charge in [-0.1, -0.05) is 44.2 Å². The third-order valence-electron chi connectivity index (χ3n) is 4.30. The Morgan fingerprint density at radius 3 is 2.24 bits per heavy atom. The lowest BCUT2D eigenvalue weighted by Crippen LogP contribution is -2.53. The lowest BCUT2D eigenvalue weighted by atomic mass is 10.0. The van der Waals surface area contributed by atoms with Crippen molar-refractivity contribution in [3.8, 4) is 12.3 Å². The molecular weight excluding hydrogens is 428 g/mol. The molecule has 0 saturated carbocycles. The maximum atomic E-state index is 12.6. The number of rotatable bonds is 12. The van der Waals surface area contributed by atoms with E-state index in [1.54, 1.807) is 12.1 Å². The summed E-state index contributed by atoms with van der Waals surface area (Å²) in [5, 5.41) is 9.70. The number of benzene rings is 1. The Kier molecular flexibility index (Phi) is 11.7. The van der Waals surface area contributed by atoms with Crippen molar-refractivity contribution in [1.29, 1.82) is 0 Å². The number of alkyl carbamates (subject to hydrolysis) is 1. The molecule has 4 amide bonds. The number of amides is 4. The summed E-state index contributed by atoms with van der Waals surface area (Å²) in [6, 6.07) is 7.02. The van der Waals surface area contributed by atoms with Crippen LogP contribution < -0.4 is 21.3 Å². The van der Waals surface area contributed by atoms with Crippen molar-refractivity contribution in [2.45, 2.75) is 45.9 Å². The monoisotopic (exact) mass is 458 g/mol. The van der Waals surface area contributed by atoms with E-state index in [4.69, 9.17) is 11.2 Å². The van der Waals surface area contributed by atoms with Crippen molar-refractivity contribution in [1.82, 2.24) is 21.3 Å². The van der Waals surface area contributed by atoms with Crippen LogP contribution in [0.2, 0.25) is 0 Å². The molecule has 1 rings (SSSR count). The Morgan fingerprint density at radius 1 is 1.00 bits per heavy atom. The van der Waals surface area contributed by atoms with Crippen LogP contribution in [0.15, 0.2) is 30.3 Å². The molecule has 0 aromatic heterocycles. The average Bonchev–Trinajstić information content (AvgIpc) is 2.78. The van der Waals surface area contributed by atoms with E-state index in [2.05, 4.69) is 21.3 Å². The third kappa shape index (κ3) is 11.4. The van der Waals surface area contributed by atoms with Crippen LogP contribution in [0.3, 0.4) is 0 Å². The van der Waals surface area contributed by atoms with E-state index in [1.807, 2.05) is 38.0 Å². The van der Waals surface area contributed by atoms with Crippen LogP contribution in [-0.4, -0.2) is 54.8 Å². The molecule has 1 aromatic rings. The fourth-order valence-corrected chi connectivity index (χ4v) is 2.70. The van der Waals surface area contributed by atoms with E-state index in [1.165, 1.54) is 6.92 Å². The van der Waals surface area contributed by atoms with Gasteiger partial charge in [-0.3, -0.25) is 19.2 Å². The van der Waals surface area contributed by atoms with Crippen LogP contribution in [0, 0.1) is 18.3 Å². The molecule has 0 bridgehead atoms. The Morgan fingerprint density at radius 2 is 1.67 bits per heavy atom. The summed E-state index contributed by atoms with van der Waals surface area (Å²) in [4.78, 5) is 59.7. The number of hydrogen-bond donors (Lipinski definition) is 4. The zero-order valence-electron chi connectivity index (χ0n) is 19.0. The van der Waals surface area contributed by atoms with Gasteiger partial charge in [0.25, 0.3) is 0 Å². The SMILES string of the molecule is C#CC(=O)C(CNC(C)=O)NC(=O)CNC(=O)C(CC(C)C)NC(=O)OCc1ccccc1. The molecular formula is C23H30N4O6. The van der Waals surface area contributed by atoms with Crippen LogP contribution in [0.4, 0.5) is 4.79 Å². The summed E-state index contributed by atoms with van der Waals surface area (Å²) >= 11 is 0. The van der Waals surface area contributed by atoms with Crippen molar-refractivity contribution in [2.75, 3.05) is 13.1 Å². The molecule has 1 aromatic carbocycles. The van der Waals surface area contributed by atoms with E-state index in [-0.39, 0.29) is 19.1 Å². The second-order valence-corrected chi connectivity index (χ2v) is 7.67. The molecule has 0 radical (unpaired) electrons. The van der Waals surface area contributed by atoms with Crippen LogP contribution in [0.25, 0.3) is 0 Å². The minimum Gasteiger partial charge on any atom is -0.445 e. The van der Waals surface area contributed by atoms with Gasteiger partial charge >= 0.3 is 6.09 Å². The van der Waals surface area contributed by atoms with Gasteiger partial charge in [0.15, 0.2) is 0 Å². The minimum absolute atomic E-state index is 0.0456. The maximum Gasteiger partial charge on any atom is 0.408 e. The largest absolute Gasteiger partial charge is 0.445 e. The normalized spacial score (nSPS) is 12.0. The van der Waals surface area contributed by atoms with E-state index in [9.17, 15) is 24.0 Å². The average molecular weight is 459 g/mol. The summed E-state index contributed by atoms with van der Waals surface area (Å²) in [5.41, 5.74) is 0.796. The molecule has 10 heteroatoms. The molecule has 0 heterocycles. The van der Waals surface area contributed by atoms with Gasteiger partial charge in [0.1, 0.15) is 18.7 Å². The van der Waals surface area contributed by atoms with Crippen LogP contribution in [-0.2, 0) is 30.5 Å². The third-order valence-corrected chi connectivity index (χ3v) is 4.30. The number of hydrogen-bond acceptors (Lipinski definition) is 6. The first kappa shape index (κ1) is 27.2. The van der Waals surface area contributed by atoms with Crippen LogP contribution in [0.1, 0.15) is 32.8 Å². The minimum atomic E-state index is -1.12. The maximum absolute atomic E-state index is 12.6. The van der Waals surface area contributed by atoms with E-state index in [0.717, 1.165) is 5.56 Å². The van der Waals surface area contributed by atoms with Crippen molar-refractivity contribution < 1.29 is 28.7 Å². The second kappa shape index (κ2) is 14.2. The highest BCUT2D eigenvalue weighted by atomic mass is 16.5. The smallest absolute Gasteiger partial charge is 0.408 e. The highest BCUT2D eigenvalue weighted by Gasteiger charge is 2.24. The van der Waals surface area contributed by atoms with Gasteiger partial charge in [0.2, 0.25) is 23.5 Å². The van der Waals surface area contributed by atoms with Crippen LogP contribution >= 0.6 is 0 Å². The molecule has 0 aliphatic carbocycles. The number of terminal acetylenes is 1. The van der Waals surface area contributed by atoms with E-state index < -0.39 is 48.2 Å². The van der Waals surface area contributed by atoms with Gasteiger partial charge in [-0.25, -0.2) is 4.79 Å². The molecule has 2 unspecified atom stereocenters. The predicted octanol–water partition coefficient (Wildman–Crippen LogP) is 0.267. The zero-order valence-corrected chi connectivity index (χ0v) is 19.0. The number of ketones is 1. The molecule has 0 aliphatic heterocycles. The quantitative estimate of drug-likeness (QED) is 0.262. The molecule has 0 saturated heterocycles. The zero-order chi connectivity index (χ0) is 24.8. The Balaban J connectivity index is 2.61. The standard InChI is InChI=1S/C23H30N4O6/c1-5-20(29)19(12-24-16(4)28)26-21(30)13-25-22(31)18(11-15(2)3)27-23(32)33-14-17-9-7-6-8-10-17/h1,6-10,15,18-19H,11-14H2,2-4H3,(H,24,28)(H,25,31)(H,26,30)(H,27,32). The van der Waals surface area contributed by atoms with Gasteiger partial charge in [-0.15, -0.1) is 6.42 Å². The molecule has 2 atom stereocenters. The summed E-state index contributed by atoms with van der Waals surface area (Å²) < 4.78 is 5.15. The summed E-state index contributed by atoms with van der Waals surface area (Å²) in [7, 11) is 0. The van der Waals surface area contributed by atoms with Gasteiger partial charge in [-0.2, -0.15) is 0 Å². The van der Waals surface area contributed by atoms with E-state index >= 15 is 0 Å². The lowest BCUT2D eigenvalue weighted by Gasteiger charge is -2.20. The predicted molar refractivity (Wildman–Crippen MR) is 120 cm³/mol. The highest BCUT2D eigenvalue weighted by Crippen LogP contribution is 2.06. The van der Waals surface area contributed by atoms with Gasteiger partial charge in [-0.05, 0) is 23.8 Å². The Labute approximate surface area is 193 Å². The molecule has 0 fully saturated rings. The first-order valence-electron chi connectivity index (χ1n) is 10.4. The molecule has 178 valence electrons. The summed E-state index contributed by atoms with van der Waals surface area (Å²) in [5.74, 6) is -0.423. The summed E-state index contributed by atoms with van der Waals surface area (Å²) in [6.45, 7) is 4.42. The number of carbonyl (C=O) groups excluding carboxylic acids is 5. The van der Waals surface area contributed by atoms with Crippen molar-refractivity contribution in [3.05, 3.63) is 35.9 Å². The Bertz CT molecular complexity index is 879. The van der Waals surface area contributed by atoms with Gasteiger partial charge in [0, 0.05) is 13.5 Å². The first-order valence-corrected chi connectivity index (χ1v) is 10.4. The fraction of sp³-hybridized carbons (Fsp3) is 0.435. The number of carbonyl (C=O) groups is 5. The van der Waals surface area contributed by atoms with Crippen molar-refractivity contribution in [3.63, 3.8) is 0 Å². The lowest BCUT2D eigenvalue weighted by molar-refractivity contribution is -0.128. The van der Waals surface area contributed by atoms with Crippen molar-refractivity contribution >= 4 is 29.6 Å². The highest BCUT2D eigenvalue weighted by molar-refractivity contribution is 6.02. The van der Waals surface area contributed by atoms with E-state index in [0.29, 0.717) is 6.42 Å². The molecule has 0 spiro atoms. The fourth-order valence-electron chi connectivity index (χ4n) is 2.70. The number of ether oxygens (including phenoxy) is 1. The number of Topliss-reactive ketones (excluding diaryl/α,β-unsaturated/α-hetero) is 1. The van der Waals surface area contributed by atoms with Gasteiger partial charge < -0.3 is 26.0 Å². The van der Waals surface area contributed by atoms with Crippen LogP contribution in [0.5, 0.6) is 0 Å². The molecule has 0 aliphatic rings. The second-order valence-electron chi connectivity index (χ2n) is 7.67. The topological polar surface area (TPSA) is 143 Å². The Hall–Kier alpha value is -3.87. The summed E-state index contributed by atoms with van der Waals surface area (Å²) in [6.07, 6.45) is 4.64.